The van der Waals surface area contributed by atoms with Crippen molar-refractivity contribution in [3.63, 3.8) is 0 Å². The van der Waals surface area contributed by atoms with Crippen molar-refractivity contribution in [1.29, 1.82) is 0 Å². The third-order valence-electron chi connectivity index (χ3n) is 10.8. The van der Waals surface area contributed by atoms with E-state index in [0.29, 0.717) is 43.2 Å². The van der Waals surface area contributed by atoms with E-state index in [4.69, 9.17) is 9.47 Å². The molecule has 1 aromatic carbocycles. The predicted molar refractivity (Wildman–Crippen MR) is 190 cm³/mol. The maximum atomic E-state index is 14.7. The van der Waals surface area contributed by atoms with Gasteiger partial charge >= 0.3 is 12.2 Å². The molecule has 4 fully saturated rings. The van der Waals surface area contributed by atoms with Crippen LogP contribution >= 0.6 is 0 Å². The third-order valence-corrected chi connectivity index (χ3v) is 12.6. The molecule has 53 heavy (non-hydrogen) atoms. The molecular formula is C37H50FN5O9S. The summed E-state index contributed by atoms with van der Waals surface area (Å²) in [5.41, 5.74) is -1.40. The van der Waals surface area contributed by atoms with Crippen molar-refractivity contribution in [3.05, 3.63) is 47.8 Å². The van der Waals surface area contributed by atoms with Crippen molar-refractivity contribution in [3.8, 4) is 0 Å². The lowest BCUT2D eigenvalue weighted by Crippen LogP contribution is -2.59. The number of amides is 5. The highest BCUT2D eigenvalue weighted by molar-refractivity contribution is 7.91. The number of rotatable bonds is 8. The van der Waals surface area contributed by atoms with Crippen LogP contribution in [0.2, 0.25) is 0 Å². The molecule has 0 bridgehead atoms. The number of carbonyl (C=O) groups excluding carboxylic acids is 5. The van der Waals surface area contributed by atoms with Gasteiger partial charge in [-0.05, 0) is 64.5 Å². The van der Waals surface area contributed by atoms with Gasteiger partial charge in [0.15, 0.2) is 0 Å². The number of sulfonamides is 1. The maximum absolute atomic E-state index is 14.7. The zero-order chi connectivity index (χ0) is 38.3. The standard InChI is InChI=1S/C37H50FN5O9S/c1-5-23-19-37(23,33(46)41-53(49,50)24-16-17-24)40-31(44)29-18-30(51-35(48)42-20-22-12-11-13-26(38)25(22)21-42)28-15-10-8-6-7-9-14-27(32(45)43(28)29)39-34(47)52-36(2,3)4/h5,11-13,23-24,27-30H,1,6-10,14-21H2,2-4H3,(H,39,47)(H,40,44)(H,41,46)/t23-,27?,28?,29+,30-,37?/m1/s1. The van der Waals surface area contributed by atoms with Gasteiger partial charge in [0, 0.05) is 24.4 Å². The van der Waals surface area contributed by atoms with E-state index in [-0.39, 0.29) is 32.4 Å². The van der Waals surface area contributed by atoms with E-state index in [9.17, 15) is 36.8 Å². The molecule has 290 valence electrons. The summed E-state index contributed by atoms with van der Waals surface area (Å²) in [5.74, 6) is -3.17. The number of halogens is 1. The van der Waals surface area contributed by atoms with Gasteiger partial charge in [-0.15, -0.1) is 6.58 Å². The monoisotopic (exact) mass is 759 g/mol. The van der Waals surface area contributed by atoms with Crippen molar-refractivity contribution in [2.75, 3.05) is 0 Å². The second kappa shape index (κ2) is 14.9. The van der Waals surface area contributed by atoms with Gasteiger partial charge in [0.25, 0.3) is 5.91 Å². The van der Waals surface area contributed by atoms with Gasteiger partial charge in [-0.25, -0.2) is 22.4 Å². The van der Waals surface area contributed by atoms with E-state index in [1.165, 1.54) is 21.9 Å². The topological polar surface area (TPSA) is 181 Å². The second-order valence-electron chi connectivity index (χ2n) is 15.9. The smallest absolute Gasteiger partial charge is 0.410 e. The summed E-state index contributed by atoms with van der Waals surface area (Å²) in [6, 6.07) is 1.53. The number of alkyl carbamates (subject to hydrolysis) is 1. The summed E-state index contributed by atoms with van der Waals surface area (Å²) in [5, 5.41) is 4.81. The van der Waals surface area contributed by atoms with Crippen molar-refractivity contribution < 1.29 is 46.3 Å². The first-order valence-electron chi connectivity index (χ1n) is 18.6. The Kier molecular flexibility index (Phi) is 10.8. The van der Waals surface area contributed by atoms with Crippen LogP contribution in [0.5, 0.6) is 0 Å². The van der Waals surface area contributed by atoms with Gasteiger partial charge in [-0.3, -0.25) is 24.0 Å². The van der Waals surface area contributed by atoms with Crippen LogP contribution in [0.3, 0.4) is 0 Å². The first-order valence-corrected chi connectivity index (χ1v) is 20.1. The molecule has 16 heteroatoms. The fourth-order valence-electron chi connectivity index (χ4n) is 7.76. The van der Waals surface area contributed by atoms with Crippen LogP contribution in [0.1, 0.15) is 103 Å². The van der Waals surface area contributed by atoms with Crippen LogP contribution in [0, 0.1) is 11.7 Å². The van der Waals surface area contributed by atoms with E-state index >= 15 is 0 Å². The number of ether oxygens (including phenoxy) is 2. The molecule has 0 aromatic heterocycles. The van der Waals surface area contributed by atoms with Crippen LogP contribution in [-0.4, -0.2) is 88.7 Å². The van der Waals surface area contributed by atoms with E-state index in [2.05, 4.69) is 21.9 Å². The molecule has 2 aliphatic carbocycles. The van der Waals surface area contributed by atoms with Gasteiger partial charge in [-0.2, -0.15) is 0 Å². The summed E-state index contributed by atoms with van der Waals surface area (Å²) in [4.78, 5) is 72.0. The summed E-state index contributed by atoms with van der Waals surface area (Å²) in [7, 11) is -3.94. The number of hydrogen-bond donors (Lipinski definition) is 3. The molecule has 0 spiro atoms. The lowest BCUT2D eigenvalue weighted by molar-refractivity contribution is -0.143. The predicted octanol–water partition coefficient (Wildman–Crippen LogP) is 3.92. The van der Waals surface area contributed by atoms with Crippen molar-refractivity contribution in [2.45, 2.75) is 145 Å². The molecule has 3 unspecified atom stereocenters. The largest absolute Gasteiger partial charge is 0.444 e. The minimum atomic E-state index is -3.94. The Balaban J connectivity index is 1.29. The Labute approximate surface area is 309 Å². The molecule has 2 saturated carbocycles. The Morgan fingerprint density at radius 2 is 1.72 bits per heavy atom. The highest BCUT2D eigenvalue weighted by atomic mass is 32.2. The molecule has 5 aliphatic rings. The molecule has 6 rings (SSSR count). The summed E-state index contributed by atoms with van der Waals surface area (Å²) in [6.45, 7) is 8.98. The molecule has 1 aromatic rings. The Bertz CT molecular complexity index is 1760. The molecule has 5 amide bonds. The van der Waals surface area contributed by atoms with Gasteiger partial charge in [0.05, 0.1) is 17.8 Å². The molecule has 14 nitrogen and oxygen atoms in total. The number of nitrogens with zero attached hydrogens (tertiary/aromatic N) is 2. The molecule has 0 radical (unpaired) electrons. The number of hydrogen-bond acceptors (Lipinski definition) is 9. The molecule has 2 saturated heterocycles. The normalized spacial score (nSPS) is 28.8. The Hall–Kier alpha value is -4.21. The quantitative estimate of drug-likeness (QED) is 0.331. The molecule has 3 heterocycles. The maximum Gasteiger partial charge on any atom is 0.410 e. The fourth-order valence-corrected chi connectivity index (χ4v) is 9.12. The van der Waals surface area contributed by atoms with Gasteiger partial charge in [0.2, 0.25) is 21.8 Å². The van der Waals surface area contributed by atoms with Crippen LogP contribution in [0.4, 0.5) is 14.0 Å². The third kappa shape index (κ3) is 8.47. The fraction of sp³-hybridized carbons (Fsp3) is 0.649. The summed E-state index contributed by atoms with van der Waals surface area (Å²) >= 11 is 0. The minimum Gasteiger partial charge on any atom is -0.444 e. The zero-order valence-corrected chi connectivity index (χ0v) is 31.3. The molecule has 3 aliphatic heterocycles. The van der Waals surface area contributed by atoms with Crippen molar-refractivity contribution >= 4 is 39.9 Å². The number of benzene rings is 1. The summed E-state index contributed by atoms with van der Waals surface area (Å²) < 4.78 is 53.7. The van der Waals surface area contributed by atoms with Crippen LogP contribution < -0.4 is 15.4 Å². The summed E-state index contributed by atoms with van der Waals surface area (Å²) in [6.07, 6.45) is 4.24. The average molecular weight is 760 g/mol. The zero-order valence-electron chi connectivity index (χ0n) is 30.5. The minimum absolute atomic E-state index is 0.00297. The first-order chi connectivity index (χ1) is 25.0. The molecule has 6 atom stereocenters. The van der Waals surface area contributed by atoms with Gasteiger partial charge < -0.3 is 25.0 Å². The highest BCUT2D eigenvalue weighted by Crippen LogP contribution is 2.46. The van der Waals surface area contributed by atoms with Crippen LogP contribution in [0.15, 0.2) is 30.9 Å². The molecule has 3 N–H and O–H groups in total. The van der Waals surface area contributed by atoms with Gasteiger partial charge in [0.1, 0.15) is 35.1 Å². The van der Waals surface area contributed by atoms with Crippen molar-refractivity contribution in [2.24, 2.45) is 5.92 Å². The number of fused-ring (bicyclic) bond motifs is 2. The van der Waals surface area contributed by atoms with Gasteiger partial charge in [-0.1, -0.05) is 50.3 Å². The van der Waals surface area contributed by atoms with Crippen molar-refractivity contribution in [1.82, 2.24) is 25.2 Å². The first kappa shape index (κ1) is 38.5. The van der Waals surface area contributed by atoms with E-state index < -0.39 is 92.3 Å². The SMILES string of the molecule is C=C[C@@H]1CC1(NC(=O)[C@@H]1C[C@@H](OC(=O)N2Cc3cccc(F)c3C2)C2CCCCCCCC(NC(=O)OC(C)(C)C)C(=O)N21)C(=O)NS(=O)(=O)C1CC1. The second-order valence-corrected chi connectivity index (χ2v) is 17.9. The number of carbonyl (C=O) groups is 5. The van der Waals surface area contributed by atoms with E-state index in [1.807, 2.05) is 0 Å². The van der Waals surface area contributed by atoms with Crippen LogP contribution in [0.25, 0.3) is 0 Å². The lowest BCUT2D eigenvalue weighted by atomic mass is 10.0. The average Bonchev–Trinajstić information content (AvgIpc) is 3.98. The van der Waals surface area contributed by atoms with E-state index in [0.717, 1.165) is 19.3 Å². The Morgan fingerprint density at radius 1 is 1.02 bits per heavy atom. The lowest BCUT2D eigenvalue weighted by Gasteiger charge is -2.34. The number of nitrogens with one attached hydrogen (secondary N) is 3. The van der Waals surface area contributed by atoms with E-state index in [1.54, 1.807) is 32.9 Å². The Morgan fingerprint density at radius 3 is 2.36 bits per heavy atom. The highest BCUT2D eigenvalue weighted by Gasteiger charge is 2.62. The molecular weight excluding hydrogens is 709 g/mol. The van der Waals surface area contributed by atoms with Crippen LogP contribution in [-0.2, 0) is 47.0 Å².